The fourth-order valence-corrected chi connectivity index (χ4v) is 0.999. The van der Waals surface area contributed by atoms with Crippen LogP contribution in [-0.4, -0.2) is 36.6 Å². The monoisotopic (exact) mass is 226 g/mol. The van der Waals surface area contributed by atoms with E-state index in [1.54, 1.807) is 6.92 Å². The van der Waals surface area contributed by atoms with Crippen molar-refractivity contribution < 1.29 is 14.1 Å². The van der Waals surface area contributed by atoms with Gasteiger partial charge in [-0.3, -0.25) is 9.59 Å². The number of nitrogens with two attached hydrogens (primary N) is 1. The van der Waals surface area contributed by atoms with Gasteiger partial charge in [-0.05, 0) is 6.92 Å². The molecule has 1 aromatic heterocycles. The molecule has 0 aliphatic rings. The maximum absolute atomic E-state index is 11.4. The number of hydrogen-bond donors (Lipinski definition) is 3. The van der Waals surface area contributed by atoms with Crippen LogP contribution in [0.4, 0.5) is 0 Å². The molecule has 7 heteroatoms. The van der Waals surface area contributed by atoms with Crippen LogP contribution in [0.25, 0.3) is 0 Å². The third-order valence-corrected chi connectivity index (χ3v) is 1.74. The molecule has 1 heterocycles. The number of nitrogens with zero attached hydrogens (tertiary/aromatic N) is 1. The Bertz CT molecular complexity index is 375. The average Bonchev–Trinajstić information content (AvgIpc) is 2.69. The summed E-state index contributed by atoms with van der Waals surface area (Å²) in [5.41, 5.74) is 5.36. The average molecular weight is 226 g/mol. The van der Waals surface area contributed by atoms with Crippen LogP contribution in [0.5, 0.6) is 0 Å². The predicted molar refractivity (Wildman–Crippen MR) is 55.6 cm³/mol. The van der Waals surface area contributed by atoms with Crippen LogP contribution in [0.2, 0.25) is 0 Å². The van der Waals surface area contributed by atoms with Gasteiger partial charge in [0.05, 0.1) is 6.54 Å². The number of nitrogens with one attached hydrogen (secondary N) is 2. The van der Waals surface area contributed by atoms with E-state index >= 15 is 0 Å². The van der Waals surface area contributed by atoms with Crippen LogP contribution in [0, 0.1) is 6.92 Å². The summed E-state index contributed by atoms with van der Waals surface area (Å²) >= 11 is 0. The van der Waals surface area contributed by atoms with Crippen LogP contribution in [0.3, 0.4) is 0 Å². The Morgan fingerprint density at radius 1 is 1.50 bits per heavy atom. The van der Waals surface area contributed by atoms with Crippen LogP contribution >= 0.6 is 0 Å². The second kappa shape index (κ2) is 5.86. The van der Waals surface area contributed by atoms with Gasteiger partial charge in [-0.15, -0.1) is 0 Å². The third kappa shape index (κ3) is 3.70. The summed E-state index contributed by atoms with van der Waals surface area (Å²) in [6.07, 6.45) is 0. The Hall–Kier alpha value is -1.89. The van der Waals surface area contributed by atoms with Crippen molar-refractivity contribution in [1.82, 2.24) is 15.8 Å². The van der Waals surface area contributed by atoms with E-state index in [2.05, 4.69) is 15.8 Å². The van der Waals surface area contributed by atoms with Crippen LogP contribution in [0.1, 0.15) is 16.2 Å². The summed E-state index contributed by atoms with van der Waals surface area (Å²) in [5.74, 6) is -0.198. The van der Waals surface area contributed by atoms with Crippen molar-refractivity contribution in [2.45, 2.75) is 6.92 Å². The number of carbonyl (C=O) groups excluding carboxylic acids is 2. The highest BCUT2D eigenvalue weighted by Crippen LogP contribution is 2.00. The Morgan fingerprint density at radius 3 is 2.81 bits per heavy atom. The van der Waals surface area contributed by atoms with E-state index in [1.807, 2.05) is 0 Å². The lowest BCUT2D eigenvalue weighted by Gasteiger charge is -2.03. The Balaban J connectivity index is 2.33. The molecule has 0 aromatic carbocycles. The quantitative estimate of drug-likeness (QED) is 0.583. The molecule has 2 amide bonds. The topological polar surface area (TPSA) is 110 Å². The van der Waals surface area contributed by atoms with Crippen LogP contribution in [0.15, 0.2) is 10.6 Å². The predicted octanol–water partition coefficient (Wildman–Crippen LogP) is -1.21. The minimum absolute atomic E-state index is 0.106. The molecule has 0 aliphatic heterocycles. The second-order valence-electron chi connectivity index (χ2n) is 3.14. The number of rotatable bonds is 5. The summed E-state index contributed by atoms with van der Waals surface area (Å²) in [7, 11) is 0. The van der Waals surface area contributed by atoms with E-state index in [0.29, 0.717) is 18.8 Å². The summed E-state index contributed by atoms with van der Waals surface area (Å²) in [5, 5.41) is 8.45. The lowest BCUT2D eigenvalue weighted by Crippen LogP contribution is -2.38. The molecule has 1 rings (SSSR count). The molecule has 7 nitrogen and oxygen atoms in total. The van der Waals surface area contributed by atoms with E-state index in [0.717, 1.165) is 0 Å². The molecule has 16 heavy (non-hydrogen) atoms. The molecule has 1 aromatic rings. The Morgan fingerprint density at radius 2 is 2.25 bits per heavy atom. The Kier molecular flexibility index (Phi) is 4.46. The molecular formula is C9H14N4O3. The lowest BCUT2D eigenvalue weighted by atomic mass is 10.3. The zero-order valence-corrected chi connectivity index (χ0v) is 8.95. The highest BCUT2D eigenvalue weighted by Gasteiger charge is 2.11. The first kappa shape index (κ1) is 12.2. The smallest absolute Gasteiger partial charge is 0.273 e. The van der Waals surface area contributed by atoms with E-state index in [-0.39, 0.29) is 18.1 Å². The summed E-state index contributed by atoms with van der Waals surface area (Å²) in [6.45, 7) is 2.32. The van der Waals surface area contributed by atoms with Crippen molar-refractivity contribution in [2.24, 2.45) is 5.73 Å². The molecule has 0 bridgehead atoms. The first-order chi connectivity index (χ1) is 7.63. The molecule has 0 unspecified atom stereocenters. The van der Waals surface area contributed by atoms with Gasteiger partial charge < -0.3 is 20.9 Å². The van der Waals surface area contributed by atoms with Crippen LogP contribution < -0.4 is 16.4 Å². The number of amides is 2. The Labute approximate surface area is 92.3 Å². The molecule has 4 N–H and O–H groups in total. The first-order valence-corrected chi connectivity index (χ1v) is 4.81. The summed E-state index contributed by atoms with van der Waals surface area (Å²) < 4.78 is 4.73. The summed E-state index contributed by atoms with van der Waals surface area (Å²) in [4.78, 5) is 22.5. The van der Waals surface area contributed by atoms with Gasteiger partial charge in [0.1, 0.15) is 5.76 Å². The molecular weight excluding hydrogens is 212 g/mol. The van der Waals surface area contributed by atoms with E-state index in [4.69, 9.17) is 10.3 Å². The molecule has 0 radical (unpaired) electrons. The molecule has 0 atom stereocenters. The minimum atomic E-state index is -0.445. The van der Waals surface area contributed by atoms with Gasteiger partial charge >= 0.3 is 0 Å². The molecule has 0 saturated carbocycles. The van der Waals surface area contributed by atoms with Gasteiger partial charge in [0, 0.05) is 19.2 Å². The van der Waals surface area contributed by atoms with Crippen molar-refractivity contribution >= 4 is 11.8 Å². The zero-order chi connectivity index (χ0) is 12.0. The molecule has 0 saturated heterocycles. The fraction of sp³-hybridized carbons (Fsp3) is 0.444. The highest BCUT2D eigenvalue weighted by molar-refractivity contribution is 5.94. The normalized spacial score (nSPS) is 9.88. The molecule has 0 fully saturated rings. The maximum atomic E-state index is 11.4. The number of carbonyl (C=O) groups is 2. The largest absolute Gasteiger partial charge is 0.361 e. The SMILES string of the molecule is Cc1cc(C(=O)NCC(=O)NCCN)no1. The van der Waals surface area contributed by atoms with Gasteiger partial charge in [0.15, 0.2) is 5.69 Å². The number of hydrogen-bond acceptors (Lipinski definition) is 5. The minimum Gasteiger partial charge on any atom is -0.361 e. The number of aromatic nitrogens is 1. The van der Waals surface area contributed by atoms with Gasteiger partial charge in [-0.2, -0.15) is 0 Å². The van der Waals surface area contributed by atoms with E-state index in [1.165, 1.54) is 6.07 Å². The maximum Gasteiger partial charge on any atom is 0.273 e. The van der Waals surface area contributed by atoms with Crippen molar-refractivity contribution in [1.29, 1.82) is 0 Å². The molecule has 0 spiro atoms. The first-order valence-electron chi connectivity index (χ1n) is 4.81. The fourth-order valence-electron chi connectivity index (χ4n) is 0.999. The standard InChI is InChI=1S/C9H14N4O3/c1-6-4-7(13-16-6)9(15)12-5-8(14)11-3-2-10/h4H,2-3,5,10H2,1H3,(H,11,14)(H,12,15). The third-order valence-electron chi connectivity index (χ3n) is 1.74. The van der Waals surface area contributed by atoms with Crippen molar-refractivity contribution in [3.05, 3.63) is 17.5 Å². The van der Waals surface area contributed by atoms with Crippen molar-refractivity contribution in [2.75, 3.05) is 19.6 Å². The van der Waals surface area contributed by atoms with Crippen LogP contribution in [-0.2, 0) is 4.79 Å². The van der Waals surface area contributed by atoms with Gasteiger partial charge in [0.2, 0.25) is 5.91 Å². The second-order valence-corrected chi connectivity index (χ2v) is 3.14. The van der Waals surface area contributed by atoms with Gasteiger partial charge in [0.25, 0.3) is 5.91 Å². The van der Waals surface area contributed by atoms with Gasteiger partial charge in [-0.1, -0.05) is 5.16 Å². The molecule has 0 aliphatic carbocycles. The zero-order valence-electron chi connectivity index (χ0n) is 8.95. The molecule has 88 valence electrons. The highest BCUT2D eigenvalue weighted by atomic mass is 16.5. The number of aryl methyl sites for hydroxylation is 1. The van der Waals surface area contributed by atoms with Gasteiger partial charge in [-0.25, -0.2) is 0 Å². The van der Waals surface area contributed by atoms with E-state index in [9.17, 15) is 9.59 Å². The lowest BCUT2D eigenvalue weighted by molar-refractivity contribution is -0.120. The van der Waals surface area contributed by atoms with E-state index < -0.39 is 5.91 Å². The van der Waals surface area contributed by atoms with Crippen molar-refractivity contribution in [3.8, 4) is 0 Å². The summed E-state index contributed by atoms with van der Waals surface area (Å²) in [6, 6.07) is 1.49. The van der Waals surface area contributed by atoms with Crippen molar-refractivity contribution in [3.63, 3.8) is 0 Å².